The van der Waals surface area contributed by atoms with Crippen molar-refractivity contribution in [3.8, 4) is 0 Å². The molecule has 1 saturated heterocycles. The van der Waals surface area contributed by atoms with Crippen LogP contribution < -0.4 is 5.73 Å². The van der Waals surface area contributed by atoms with Crippen LogP contribution in [0.3, 0.4) is 0 Å². The third kappa shape index (κ3) is 3.85. The Morgan fingerprint density at radius 2 is 2.06 bits per heavy atom. The molecule has 1 aliphatic rings. The lowest BCUT2D eigenvalue weighted by atomic mass is 9.97. The maximum Gasteiger partial charge on any atom is 0.214 e. The molecule has 3 N–H and O–H groups in total. The number of amidine groups is 1. The van der Waals surface area contributed by atoms with Gasteiger partial charge in [0, 0.05) is 19.0 Å². The number of rotatable bonds is 5. The first-order chi connectivity index (χ1) is 8.01. The molecular weight excluding hydrogens is 242 g/mol. The molecule has 0 unspecified atom stereocenters. The van der Waals surface area contributed by atoms with E-state index < -0.39 is 10.0 Å². The summed E-state index contributed by atoms with van der Waals surface area (Å²) in [4.78, 5) is 0. The highest BCUT2D eigenvalue weighted by Gasteiger charge is 2.29. The van der Waals surface area contributed by atoms with Gasteiger partial charge >= 0.3 is 0 Å². The summed E-state index contributed by atoms with van der Waals surface area (Å²) >= 11 is 0. The van der Waals surface area contributed by atoms with E-state index in [2.05, 4.69) is 5.16 Å². The van der Waals surface area contributed by atoms with E-state index in [9.17, 15) is 8.42 Å². The van der Waals surface area contributed by atoms with Gasteiger partial charge in [-0.05, 0) is 19.3 Å². The number of sulfonamides is 1. The van der Waals surface area contributed by atoms with Crippen molar-refractivity contribution >= 4 is 15.9 Å². The van der Waals surface area contributed by atoms with Gasteiger partial charge < -0.3 is 10.9 Å². The van der Waals surface area contributed by atoms with Crippen LogP contribution in [0.1, 0.15) is 32.6 Å². The Labute approximate surface area is 103 Å². The molecule has 0 aliphatic carbocycles. The molecule has 1 heterocycles. The van der Waals surface area contributed by atoms with Crippen LogP contribution in [-0.2, 0) is 10.0 Å². The summed E-state index contributed by atoms with van der Waals surface area (Å²) in [7, 11) is -3.11. The van der Waals surface area contributed by atoms with Crippen LogP contribution in [0.4, 0.5) is 0 Å². The molecule has 17 heavy (non-hydrogen) atoms. The highest BCUT2D eigenvalue weighted by Crippen LogP contribution is 2.20. The molecule has 0 aromatic rings. The Morgan fingerprint density at radius 1 is 1.47 bits per heavy atom. The molecule has 0 amide bonds. The number of hydrogen-bond acceptors (Lipinski definition) is 4. The van der Waals surface area contributed by atoms with Crippen LogP contribution in [0.15, 0.2) is 5.16 Å². The fourth-order valence-corrected chi connectivity index (χ4v) is 3.65. The second kappa shape index (κ2) is 6.20. The molecule has 0 bridgehead atoms. The second-order valence-electron chi connectivity index (χ2n) is 4.37. The van der Waals surface area contributed by atoms with E-state index >= 15 is 0 Å². The molecular formula is C10H21N3O3S. The lowest BCUT2D eigenvalue weighted by Gasteiger charge is -2.30. The van der Waals surface area contributed by atoms with Gasteiger partial charge in [-0.15, -0.1) is 0 Å². The fourth-order valence-electron chi connectivity index (χ4n) is 1.97. The van der Waals surface area contributed by atoms with Gasteiger partial charge in [0.2, 0.25) is 10.0 Å². The summed E-state index contributed by atoms with van der Waals surface area (Å²) in [5.74, 6) is 0.422. The second-order valence-corrected chi connectivity index (χ2v) is 6.46. The molecule has 0 aromatic carbocycles. The number of piperidine rings is 1. The monoisotopic (exact) mass is 263 g/mol. The number of nitrogens with two attached hydrogens (primary N) is 1. The first-order valence-corrected chi connectivity index (χ1v) is 7.57. The summed E-state index contributed by atoms with van der Waals surface area (Å²) in [6.07, 6.45) is 2.82. The van der Waals surface area contributed by atoms with Gasteiger partial charge in [0.15, 0.2) is 0 Å². The average Bonchev–Trinajstić information content (AvgIpc) is 2.35. The number of oxime groups is 1. The summed E-state index contributed by atoms with van der Waals surface area (Å²) < 4.78 is 25.3. The van der Waals surface area contributed by atoms with Gasteiger partial charge in [0.25, 0.3) is 0 Å². The minimum absolute atomic E-state index is 0.00220. The van der Waals surface area contributed by atoms with Crippen LogP contribution in [-0.4, -0.2) is 42.6 Å². The fraction of sp³-hybridized carbons (Fsp3) is 0.900. The Kier molecular flexibility index (Phi) is 5.20. The van der Waals surface area contributed by atoms with Gasteiger partial charge in [-0.2, -0.15) is 0 Å². The van der Waals surface area contributed by atoms with Crippen molar-refractivity contribution in [2.24, 2.45) is 16.8 Å². The highest BCUT2D eigenvalue weighted by molar-refractivity contribution is 7.89. The third-order valence-corrected chi connectivity index (χ3v) is 5.09. The number of hydrogen-bond donors (Lipinski definition) is 2. The summed E-state index contributed by atoms with van der Waals surface area (Å²) in [6, 6.07) is 0. The predicted octanol–water partition coefficient (Wildman–Crippen LogP) is 0.575. The van der Waals surface area contributed by atoms with E-state index in [4.69, 9.17) is 10.9 Å². The Hall–Kier alpha value is -0.820. The van der Waals surface area contributed by atoms with E-state index in [0.717, 1.165) is 6.42 Å². The molecule has 1 rings (SSSR count). The van der Waals surface area contributed by atoms with Crippen LogP contribution in [0.2, 0.25) is 0 Å². The molecule has 100 valence electrons. The van der Waals surface area contributed by atoms with Crippen molar-refractivity contribution in [3.63, 3.8) is 0 Å². The topological polar surface area (TPSA) is 96.0 Å². The van der Waals surface area contributed by atoms with E-state index in [0.29, 0.717) is 32.4 Å². The molecule has 0 aromatic heterocycles. The zero-order valence-electron chi connectivity index (χ0n) is 10.2. The van der Waals surface area contributed by atoms with Crippen molar-refractivity contribution in [3.05, 3.63) is 0 Å². The van der Waals surface area contributed by atoms with Gasteiger partial charge in [-0.25, -0.2) is 12.7 Å². The van der Waals surface area contributed by atoms with Gasteiger partial charge in [0.1, 0.15) is 5.84 Å². The smallest absolute Gasteiger partial charge is 0.214 e. The molecule has 1 aliphatic heterocycles. The maximum absolute atomic E-state index is 11.9. The molecule has 0 radical (unpaired) electrons. The summed E-state index contributed by atoms with van der Waals surface area (Å²) in [5.41, 5.74) is 5.51. The van der Waals surface area contributed by atoms with Crippen LogP contribution in [0, 0.1) is 5.92 Å². The Morgan fingerprint density at radius 3 is 2.53 bits per heavy atom. The van der Waals surface area contributed by atoms with Gasteiger partial charge in [0.05, 0.1) is 5.75 Å². The lowest BCUT2D eigenvalue weighted by Crippen LogP contribution is -2.42. The van der Waals surface area contributed by atoms with Gasteiger partial charge in [-0.1, -0.05) is 18.5 Å². The number of nitrogens with zero attached hydrogens (tertiary/aromatic N) is 2. The normalized spacial score (nSPS) is 20.6. The van der Waals surface area contributed by atoms with E-state index in [-0.39, 0.29) is 17.5 Å². The number of unbranched alkanes of at least 4 members (excludes halogenated alkanes) is 1. The average molecular weight is 263 g/mol. The Balaban J connectivity index is 2.52. The molecule has 0 atom stereocenters. The minimum atomic E-state index is -3.11. The third-order valence-electron chi connectivity index (χ3n) is 3.14. The SMILES string of the molecule is CCCCS(=O)(=O)N1CCC(C(N)=NO)CC1. The predicted molar refractivity (Wildman–Crippen MR) is 66.4 cm³/mol. The zero-order valence-corrected chi connectivity index (χ0v) is 11.0. The van der Waals surface area contributed by atoms with Crippen molar-refractivity contribution in [1.29, 1.82) is 0 Å². The summed E-state index contributed by atoms with van der Waals surface area (Å²) in [5, 5.41) is 11.5. The van der Waals surface area contributed by atoms with Gasteiger partial charge in [-0.3, -0.25) is 0 Å². The van der Waals surface area contributed by atoms with E-state index in [1.807, 2.05) is 6.92 Å². The van der Waals surface area contributed by atoms with E-state index in [1.165, 1.54) is 4.31 Å². The minimum Gasteiger partial charge on any atom is -0.409 e. The van der Waals surface area contributed by atoms with Crippen LogP contribution >= 0.6 is 0 Å². The molecule has 0 spiro atoms. The van der Waals surface area contributed by atoms with Crippen molar-refractivity contribution in [2.75, 3.05) is 18.8 Å². The van der Waals surface area contributed by atoms with Crippen molar-refractivity contribution < 1.29 is 13.6 Å². The Bertz CT molecular complexity index is 359. The quantitative estimate of drug-likeness (QED) is 0.328. The van der Waals surface area contributed by atoms with Crippen LogP contribution in [0.5, 0.6) is 0 Å². The first kappa shape index (κ1) is 14.2. The van der Waals surface area contributed by atoms with Crippen molar-refractivity contribution in [1.82, 2.24) is 4.31 Å². The highest BCUT2D eigenvalue weighted by atomic mass is 32.2. The standard InChI is InChI=1S/C10H21N3O3S/c1-2-3-8-17(15,16)13-6-4-9(5-7-13)10(11)12-14/h9,14H,2-8H2,1H3,(H2,11,12). The van der Waals surface area contributed by atoms with E-state index in [1.54, 1.807) is 0 Å². The largest absolute Gasteiger partial charge is 0.409 e. The first-order valence-electron chi connectivity index (χ1n) is 5.96. The maximum atomic E-state index is 11.9. The molecule has 6 nitrogen and oxygen atoms in total. The zero-order chi connectivity index (χ0) is 12.9. The molecule has 7 heteroatoms. The van der Waals surface area contributed by atoms with Crippen molar-refractivity contribution in [2.45, 2.75) is 32.6 Å². The molecule has 1 fully saturated rings. The van der Waals surface area contributed by atoms with Crippen LogP contribution in [0.25, 0.3) is 0 Å². The molecule has 0 saturated carbocycles. The lowest BCUT2D eigenvalue weighted by molar-refractivity contribution is 0.291. The summed E-state index contributed by atoms with van der Waals surface area (Å²) in [6.45, 7) is 2.90.